The number of benzene rings is 1. The first-order valence-corrected chi connectivity index (χ1v) is 10.2. The third kappa shape index (κ3) is 3.52. The van der Waals surface area contributed by atoms with E-state index in [2.05, 4.69) is 5.10 Å². The van der Waals surface area contributed by atoms with Crippen molar-refractivity contribution in [3.8, 4) is 0 Å². The van der Waals surface area contributed by atoms with E-state index in [1.165, 1.54) is 0 Å². The Bertz CT molecular complexity index is 911. The summed E-state index contributed by atoms with van der Waals surface area (Å²) in [6.45, 7) is 5.09. The number of carbonyl (C=O) groups is 1. The van der Waals surface area contributed by atoms with E-state index in [0.717, 1.165) is 24.8 Å². The number of aromatic nitrogens is 2. The van der Waals surface area contributed by atoms with Crippen LogP contribution in [0.25, 0.3) is 0 Å². The van der Waals surface area contributed by atoms with Crippen molar-refractivity contribution in [1.29, 1.82) is 0 Å². The lowest BCUT2D eigenvalue weighted by Crippen LogP contribution is -2.36. The summed E-state index contributed by atoms with van der Waals surface area (Å²) in [5.74, 6) is -0.474. The highest BCUT2D eigenvalue weighted by atomic mass is 32.2. The number of piperidine rings is 1. The van der Waals surface area contributed by atoms with Gasteiger partial charge in [0.25, 0.3) is 0 Å². The Morgan fingerprint density at radius 1 is 1.12 bits per heavy atom. The molecule has 2 aromatic rings. The van der Waals surface area contributed by atoms with Gasteiger partial charge in [0.1, 0.15) is 4.90 Å². The van der Waals surface area contributed by atoms with Crippen molar-refractivity contribution in [2.45, 2.75) is 44.6 Å². The van der Waals surface area contributed by atoms with Crippen molar-refractivity contribution >= 4 is 15.9 Å². The molecule has 1 aromatic carbocycles. The topological polar surface area (TPSA) is 98.3 Å². The summed E-state index contributed by atoms with van der Waals surface area (Å²) in [6.07, 6.45) is 2.87. The van der Waals surface area contributed by atoms with Crippen molar-refractivity contribution < 1.29 is 13.2 Å². The third-order valence-corrected chi connectivity index (χ3v) is 6.95. The van der Waals surface area contributed by atoms with Gasteiger partial charge in [0.15, 0.2) is 0 Å². The summed E-state index contributed by atoms with van der Waals surface area (Å²) in [5, 5.41) is 4.44. The molecule has 1 saturated heterocycles. The van der Waals surface area contributed by atoms with Crippen molar-refractivity contribution in [3.63, 3.8) is 0 Å². The second-order valence-corrected chi connectivity index (χ2v) is 8.56. The molecular formula is C18H24N4O3S. The summed E-state index contributed by atoms with van der Waals surface area (Å²) < 4.78 is 29.3. The average Bonchev–Trinajstić information content (AvgIpc) is 2.90. The number of rotatable bonds is 5. The Balaban J connectivity index is 1.89. The molecule has 0 atom stereocenters. The first-order valence-electron chi connectivity index (χ1n) is 8.73. The van der Waals surface area contributed by atoms with Crippen LogP contribution in [0.1, 0.15) is 46.6 Å². The quantitative estimate of drug-likeness (QED) is 0.860. The summed E-state index contributed by atoms with van der Waals surface area (Å²) >= 11 is 0. The van der Waals surface area contributed by atoms with Crippen molar-refractivity contribution in [2.24, 2.45) is 5.73 Å². The van der Waals surface area contributed by atoms with E-state index in [0.29, 0.717) is 41.5 Å². The Hall–Kier alpha value is -2.19. The maximum atomic E-state index is 13.0. The van der Waals surface area contributed by atoms with Crippen molar-refractivity contribution in [3.05, 3.63) is 46.8 Å². The molecular weight excluding hydrogens is 352 g/mol. The van der Waals surface area contributed by atoms with E-state index in [1.54, 1.807) is 47.1 Å². The Kier molecular flexibility index (Phi) is 5.15. The largest absolute Gasteiger partial charge is 0.366 e. The number of primary amides is 1. The SMILES string of the molecule is Cc1nn(Cc2ccc(C(N)=O)cc2)c(C)c1S(=O)(=O)N1CCCCC1. The van der Waals surface area contributed by atoms with Crippen LogP contribution >= 0.6 is 0 Å². The normalized spacial score (nSPS) is 15.9. The summed E-state index contributed by atoms with van der Waals surface area (Å²) in [4.78, 5) is 11.5. The second-order valence-electron chi connectivity index (χ2n) is 6.68. The molecule has 0 aliphatic carbocycles. The van der Waals surface area contributed by atoms with Gasteiger partial charge in [-0.2, -0.15) is 9.40 Å². The first-order chi connectivity index (χ1) is 12.3. The molecule has 0 unspecified atom stereocenters. The zero-order valence-corrected chi connectivity index (χ0v) is 15.9. The van der Waals surface area contributed by atoms with E-state index < -0.39 is 15.9 Å². The molecule has 0 saturated carbocycles. The second kappa shape index (κ2) is 7.20. The van der Waals surface area contributed by atoms with Crippen molar-refractivity contribution in [1.82, 2.24) is 14.1 Å². The van der Waals surface area contributed by atoms with E-state index >= 15 is 0 Å². The number of aryl methyl sites for hydroxylation is 1. The van der Waals surface area contributed by atoms with E-state index in [-0.39, 0.29) is 0 Å². The number of sulfonamides is 1. The highest BCUT2D eigenvalue weighted by Crippen LogP contribution is 2.26. The zero-order valence-electron chi connectivity index (χ0n) is 15.1. The molecule has 1 fully saturated rings. The van der Waals surface area contributed by atoms with Crippen LogP contribution in [0.4, 0.5) is 0 Å². The van der Waals surface area contributed by atoms with Crippen LogP contribution in [-0.2, 0) is 16.6 Å². The monoisotopic (exact) mass is 376 g/mol. The molecule has 0 spiro atoms. The molecule has 1 aliphatic heterocycles. The molecule has 2 heterocycles. The number of carbonyl (C=O) groups excluding carboxylic acids is 1. The minimum atomic E-state index is -3.52. The third-order valence-electron chi connectivity index (χ3n) is 4.80. The number of amides is 1. The van der Waals surface area contributed by atoms with Gasteiger partial charge in [-0.05, 0) is 44.4 Å². The van der Waals surface area contributed by atoms with Gasteiger partial charge >= 0.3 is 0 Å². The van der Waals surface area contributed by atoms with Crippen LogP contribution in [0.15, 0.2) is 29.2 Å². The minimum Gasteiger partial charge on any atom is -0.366 e. The predicted octanol–water partition coefficient (Wildman–Crippen LogP) is 1.82. The molecule has 1 aromatic heterocycles. The fourth-order valence-electron chi connectivity index (χ4n) is 3.39. The summed E-state index contributed by atoms with van der Waals surface area (Å²) in [7, 11) is -3.52. The van der Waals surface area contributed by atoms with E-state index in [9.17, 15) is 13.2 Å². The van der Waals surface area contributed by atoms with Gasteiger partial charge in [0, 0.05) is 18.7 Å². The molecule has 1 aliphatic rings. The fourth-order valence-corrected chi connectivity index (χ4v) is 5.28. The Morgan fingerprint density at radius 2 is 1.73 bits per heavy atom. The highest BCUT2D eigenvalue weighted by Gasteiger charge is 2.31. The molecule has 3 rings (SSSR count). The van der Waals surface area contributed by atoms with Crippen LogP contribution in [0.5, 0.6) is 0 Å². The van der Waals surface area contributed by atoms with Crippen LogP contribution < -0.4 is 5.73 Å². The lowest BCUT2D eigenvalue weighted by atomic mass is 10.1. The molecule has 7 nitrogen and oxygen atoms in total. The van der Waals surface area contributed by atoms with Gasteiger partial charge in [-0.25, -0.2) is 8.42 Å². The van der Waals surface area contributed by atoms with Crippen LogP contribution in [0.2, 0.25) is 0 Å². The van der Waals surface area contributed by atoms with Gasteiger partial charge in [0.05, 0.1) is 17.9 Å². The molecule has 26 heavy (non-hydrogen) atoms. The number of nitrogens with two attached hydrogens (primary N) is 1. The standard InChI is InChI=1S/C18H24N4O3S/c1-13-17(26(24,25)21-10-4-3-5-11-21)14(2)22(20-13)12-15-6-8-16(9-7-15)18(19)23/h6-9H,3-5,10-12H2,1-2H3,(H2,19,23). The van der Waals surface area contributed by atoms with Crippen LogP contribution in [-0.4, -0.2) is 41.5 Å². The summed E-state index contributed by atoms with van der Waals surface area (Å²) in [6, 6.07) is 6.92. The molecule has 0 bridgehead atoms. The highest BCUT2D eigenvalue weighted by molar-refractivity contribution is 7.89. The number of nitrogens with zero attached hydrogens (tertiary/aromatic N) is 3. The lowest BCUT2D eigenvalue weighted by molar-refractivity contribution is 0.100. The van der Waals surface area contributed by atoms with Gasteiger partial charge in [0.2, 0.25) is 15.9 Å². The first kappa shape index (κ1) is 18.6. The smallest absolute Gasteiger partial charge is 0.248 e. The lowest BCUT2D eigenvalue weighted by Gasteiger charge is -2.26. The molecule has 8 heteroatoms. The van der Waals surface area contributed by atoms with Crippen molar-refractivity contribution in [2.75, 3.05) is 13.1 Å². The molecule has 2 N–H and O–H groups in total. The average molecular weight is 376 g/mol. The predicted molar refractivity (Wildman–Crippen MR) is 98.4 cm³/mol. The van der Waals surface area contributed by atoms with Gasteiger partial charge in [-0.1, -0.05) is 18.6 Å². The Labute approximate surface area is 153 Å². The van der Waals surface area contributed by atoms with Crippen LogP contribution in [0.3, 0.4) is 0 Å². The maximum Gasteiger partial charge on any atom is 0.248 e. The fraction of sp³-hybridized carbons (Fsp3) is 0.444. The summed E-state index contributed by atoms with van der Waals surface area (Å²) in [5.41, 5.74) is 7.76. The van der Waals surface area contributed by atoms with Gasteiger partial charge in [-0.15, -0.1) is 0 Å². The van der Waals surface area contributed by atoms with E-state index in [1.807, 2.05) is 0 Å². The number of hydrogen-bond acceptors (Lipinski definition) is 4. The Morgan fingerprint density at radius 3 is 2.31 bits per heavy atom. The van der Waals surface area contributed by atoms with Gasteiger partial charge in [-0.3, -0.25) is 9.48 Å². The molecule has 140 valence electrons. The molecule has 1 amide bonds. The molecule has 0 radical (unpaired) electrons. The van der Waals surface area contributed by atoms with Crippen LogP contribution in [0, 0.1) is 13.8 Å². The maximum absolute atomic E-state index is 13.0. The van der Waals surface area contributed by atoms with Gasteiger partial charge < -0.3 is 5.73 Å². The van der Waals surface area contributed by atoms with E-state index in [4.69, 9.17) is 5.73 Å². The zero-order chi connectivity index (χ0) is 18.9. The minimum absolute atomic E-state index is 0.313. The number of hydrogen-bond donors (Lipinski definition) is 1.